The summed E-state index contributed by atoms with van der Waals surface area (Å²) in [6.45, 7) is 6.68. The fourth-order valence-electron chi connectivity index (χ4n) is 1.53. The van der Waals surface area contributed by atoms with Crippen LogP contribution in [0.25, 0.3) is 0 Å². The molecule has 84 valence electrons. The van der Waals surface area contributed by atoms with Gasteiger partial charge in [0.15, 0.2) is 0 Å². The van der Waals surface area contributed by atoms with Gasteiger partial charge in [0.05, 0.1) is 5.88 Å². The summed E-state index contributed by atoms with van der Waals surface area (Å²) < 4.78 is 0. The molecule has 0 amide bonds. The van der Waals surface area contributed by atoms with Crippen LogP contribution in [-0.2, 0) is 5.88 Å². The minimum Gasteiger partial charge on any atom is -0.371 e. The number of anilines is 1. The molecule has 3 heteroatoms. The standard InChI is InChI=1S/C12H19ClN2/c1-9(2)10(3)15(4)12-5-6-14-8-11(12)7-13/h5-6,8-10H,7H2,1-4H3. The Bertz CT molecular complexity index is 312. The van der Waals surface area contributed by atoms with Gasteiger partial charge in [-0.25, -0.2) is 0 Å². The highest BCUT2D eigenvalue weighted by molar-refractivity contribution is 6.17. The quantitative estimate of drug-likeness (QED) is 0.733. The van der Waals surface area contributed by atoms with Crippen molar-refractivity contribution in [1.82, 2.24) is 4.98 Å². The molecule has 1 aromatic heterocycles. The molecule has 1 rings (SSSR count). The summed E-state index contributed by atoms with van der Waals surface area (Å²) in [5, 5.41) is 0. The van der Waals surface area contributed by atoms with Crippen molar-refractivity contribution >= 4 is 17.3 Å². The van der Waals surface area contributed by atoms with E-state index in [4.69, 9.17) is 11.6 Å². The molecule has 0 aromatic carbocycles. The third-order valence-corrected chi connectivity index (χ3v) is 3.27. The molecule has 0 saturated heterocycles. The van der Waals surface area contributed by atoms with Crippen molar-refractivity contribution in [2.45, 2.75) is 32.7 Å². The number of hydrogen-bond donors (Lipinski definition) is 0. The lowest BCUT2D eigenvalue weighted by atomic mass is 10.0. The first-order valence-electron chi connectivity index (χ1n) is 5.29. The number of aromatic nitrogens is 1. The Morgan fingerprint density at radius 1 is 1.40 bits per heavy atom. The zero-order chi connectivity index (χ0) is 11.4. The van der Waals surface area contributed by atoms with Gasteiger partial charge in [-0.2, -0.15) is 0 Å². The van der Waals surface area contributed by atoms with Gasteiger partial charge < -0.3 is 4.90 Å². The summed E-state index contributed by atoms with van der Waals surface area (Å²) in [7, 11) is 2.11. The molecule has 0 aliphatic heterocycles. The van der Waals surface area contributed by atoms with Crippen LogP contribution in [0, 0.1) is 5.92 Å². The number of nitrogens with zero attached hydrogens (tertiary/aromatic N) is 2. The van der Waals surface area contributed by atoms with E-state index in [0.29, 0.717) is 17.8 Å². The minimum absolute atomic E-state index is 0.495. The van der Waals surface area contributed by atoms with E-state index in [0.717, 1.165) is 5.56 Å². The van der Waals surface area contributed by atoms with Gasteiger partial charge in [-0.15, -0.1) is 11.6 Å². The van der Waals surface area contributed by atoms with Crippen LogP contribution >= 0.6 is 11.6 Å². The monoisotopic (exact) mass is 226 g/mol. The van der Waals surface area contributed by atoms with Crippen LogP contribution in [0.15, 0.2) is 18.5 Å². The smallest absolute Gasteiger partial charge is 0.0509 e. The van der Waals surface area contributed by atoms with Crippen LogP contribution in [0.3, 0.4) is 0 Å². The second kappa shape index (κ2) is 5.36. The second-order valence-corrected chi connectivity index (χ2v) is 4.50. The molecule has 1 atom stereocenters. The summed E-state index contributed by atoms with van der Waals surface area (Å²) in [6, 6.07) is 2.52. The molecule has 0 N–H and O–H groups in total. The molecule has 0 spiro atoms. The lowest BCUT2D eigenvalue weighted by molar-refractivity contribution is 0.505. The van der Waals surface area contributed by atoms with E-state index < -0.39 is 0 Å². The largest absolute Gasteiger partial charge is 0.371 e. The Morgan fingerprint density at radius 3 is 2.60 bits per heavy atom. The molecule has 2 nitrogen and oxygen atoms in total. The van der Waals surface area contributed by atoms with Crippen molar-refractivity contribution in [2.24, 2.45) is 5.92 Å². The van der Waals surface area contributed by atoms with E-state index in [1.165, 1.54) is 5.69 Å². The molecule has 0 aliphatic rings. The molecular formula is C12H19ClN2. The molecule has 0 saturated carbocycles. The summed E-state index contributed by atoms with van der Waals surface area (Å²) in [5.74, 6) is 1.13. The molecular weight excluding hydrogens is 208 g/mol. The van der Waals surface area contributed by atoms with E-state index in [1.54, 1.807) is 0 Å². The van der Waals surface area contributed by atoms with Gasteiger partial charge in [-0.1, -0.05) is 13.8 Å². The Hall–Kier alpha value is -0.760. The van der Waals surface area contributed by atoms with Crippen molar-refractivity contribution in [3.8, 4) is 0 Å². The number of rotatable bonds is 4. The van der Waals surface area contributed by atoms with Gasteiger partial charge >= 0.3 is 0 Å². The first-order chi connectivity index (χ1) is 7.07. The summed E-state index contributed by atoms with van der Waals surface area (Å²) in [6.07, 6.45) is 3.65. The van der Waals surface area contributed by atoms with Crippen LogP contribution < -0.4 is 4.90 Å². The maximum Gasteiger partial charge on any atom is 0.0509 e. The van der Waals surface area contributed by atoms with Crippen molar-refractivity contribution in [3.05, 3.63) is 24.0 Å². The Morgan fingerprint density at radius 2 is 2.07 bits per heavy atom. The van der Waals surface area contributed by atoms with Crippen molar-refractivity contribution in [2.75, 3.05) is 11.9 Å². The molecule has 15 heavy (non-hydrogen) atoms. The first kappa shape index (κ1) is 12.3. The van der Waals surface area contributed by atoms with Crippen molar-refractivity contribution in [3.63, 3.8) is 0 Å². The maximum atomic E-state index is 5.89. The fraction of sp³-hybridized carbons (Fsp3) is 0.583. The zero-order valence-electron chi connectivity index (χ0n) is 9.87. The average molecular weight is 227 g/mol. The van der Waals surface area contributed by atoms with E-state index in [9.17, 15) is 0 Å². The lowest BCUT2D eigenvalue weighted by Crippen LogP contribution is -2.33. The summed E-state index contributed by atoms with van der Waals surface area (Å²) >= 11 is 5.89. The van der Waals surface area contributed by atoms with E-state index in [1.807, 2.05) is 18.5 Å². The average Bonchev–Trinajstić information content (AvgIpc) is 2.26. The molecule has 0 fully saturated rings. The van der Waals surface area contributed by atoms with Crippen LogP contribution in [-0.4, -0.2) is 18.1 Å². The normalized spacial score (nSPS) is 12.9. The van der Waals surface area contributed by atoms with Gasteiger partial charge in [0.2, 0.25) is 0 Å². The summed E-state index contributed by atoms with van der Waals surface area (Å²) in [5.41, 5.74) is 2.27. The Balaban J connectivity index is 2.94. The van der Waals surface area contributed by atoms with E-state index >= 15 is 0 Å². The maximum absolute atomic E-state index is 5.89. The number of halogens is 1. The number of pyridine rings is 1. The van der Waals surface area contributed by atoms with Gasteiger partial charge in [0.1, 0.15) is 0 Å². The predicted molar refractivity (Wildman–Crippen MR) is 66.5 cm³/mol. The van der Waals surface area contributed by atoms with Crippen LogP contribution in [0.1, 0.15) is 26.3 Å². The van der Waals surface area contributed by atoms with Gasteiger partial charge in [-0.05, 0) is 18.9 Å². The van der Waals surface area contributed by atoms with E-state index in [2.05, 4.69) is 37.7 Å². The SMILES string of the molecule is CC(C)C(C)N(C)c1ccncc1CCl. The second-order valence-electron chi connectivity index (χ2n) is 4.23. The van der Waals surface area contributed by atoms with Crippen molar-refractivity contribution in [1.29, 1.82) is 0 Å². The molecule has 0 bridgehead atoms. The topological polar surface area (TPSA) is 16.1 Å². The van der Waals surface area contributed by atoms with Crippen LogP contribution in [0.4, 0.5) is 5.69 Å². The lowest BCUT2D eigenvalue weighted by Gasteiger charge is -2.31. The highest BCUT2D eigenvalue weighted by Gasteiger charge is 2.15. The molecule has 1 unspecified atom stereocenters. The molecule has 1 aromatic rings. The van der Waals surface area contributed by atoms with Crippen LogP contribution in [0.2, 0.25) is 0 Å². The minimum atomic E-state index is 0.495. The van der Waals surface area contributed by atoms with Crippen LogP contribution in [0.5, 0.6) is 0 Å². The zero-order valence-corrected chi connectivity index (χ0v) is 10.6. The van der Waals surface area contributed by atoms with Gasteiger partial charge in [-0.3, -0.25) is 4.98 Å². The van der Waals surface area contributed by atoms with Gasteiger partial charge in [0, 0.05) is 36.7 Å². The Kier molecular flexibility index (Phi) is 4.40. The number of alkyl halides is 1. The third-order valence-electron chi connectivity index (χ3n) is 2.98. The third kappa shape index (κ3) is 2.85. The molecule has 0 radical (unpaired) electrons. The molecule has 0 aliphatic carbocycles. The Labute approximate surface area is 97.3 Å². The van der Waals surface area contributed by atoms with Gasteiger partial charge in [0.25, 0.3) is 0 Å². The number of hydrogen-bond acceptors (Lipinski definition) is 2. The first-order valence-corrected chi connectivity index (χ1v) is 5.83. The molecule has 1 heterocycles. The summed E-state index contributed by atoms with van der Waals surface area (Å²) in [4.78, 5) is 6.36. The highest BCUT2D eigenvalue weighted by atomic mass is 35.5. The van der Waals surface area contributed by atoms with Crippen molar-refractivity contribution < 1.29 is 0 Å². The van der Waals surface area contributed by atoms with E-state index in [-0.39, 0.29) is 0 Å². The fourth-order valence-corrected chi connectivity index (χ4v) is 1.74. The highest BCUT2D eigenvalue weighted by Crippen LogP contribution is 2.23. The predicted octanol–water partition coefficient (Wildman–Crippen LogP) is 3.30.